The maximum Gasteiger partial charge on any atom is 0.416 e. The molecule has 1 aliphatic heterocycles. The fraction of sp³-hybridized carbons (Fsp3) is 0.357. The number of nitrogens with one attached hydrogen (secondary N) is 1. The van der Waals surface area contributed by atoms with Gasteiger partial charge in [-0.1, -0.05) is 43.0 Å². The van der Waals surface area contributed by atoms with E-state index in [9.17, 15) is 13.2 Å². The minimum atomic E-state index is -4.33. The first kappa shape index (κ1) is 27.0. The molecule has 1 fully saturated rings. The highest BCUT2D eigenvalue weighted by Crippen LogP contribution is 2.34. The molecule has 0 unspecified atom stereocenters. The van der Waals surface area contributed by atoms with Crippen LogP contribution in [0.1, 0.15) is 43.4 Å². The number of nitrogens with zero attached hydrogens (tertiary/aromatic N) is 1. The van der Waals surface area contributed by atoms with Crippen LogP contribution in [0.5, 0.6) is 0 Å². The molecular formula is C28H34F3N3S. The fourth-order valence-electron chi connectivity index (χ4n) is 4.54. The smallest absolute Gasteiger partial charge is 0.400 e. The summed E-state index contributed by atoms with van der Waals surface area (Å²) in [5.41, 5.74) is 11.3. The summed E-state index contributed by atoms with van der Waals surface area (Å²) in [5, 5.41) is 3.22. The molecule has 1 saturated heterocycles. The highest BCUT2D eigenvalue weighted by molar-refractivity contribution is 7.80. The van der Waals surface area contributed by atoms with Crippen LogP contribution in [0.2, 0.25) is 0 Å². The van der Waals surface area contributed by atoms with Crippen molar-refractivity contribution in [3.63, 3.8) is 0 Å². The number of alkyl halides is 3. The van der Waals surface area contributed by atoms with E-state index in [1.807, 2.05) is 19.1 Å². The maximum absolute atomic E-state index is 12.7. The minimum absolute atomic E-state index is 0.424. The first-order valence-corrected chi connectivity index (χ1v) is 12.3. The molecule has 0 saturated carbocycles. The second-order valence-electron chi connectivity index (χ2n) is 9.06. The van der Waals surface area contributed by atoms with Crippen molar-refractivity contribution < 1.29 is 13.2 Å². The van der Waals surface area contributed by atoms with Gasteiger partial charge in [-0.3, -0.25) is 4.90 Å². The molecule has 3 N–H and O–H groups in total. The van der Waals surface area contributed by atoms with E-state index in [4.69, 9.17) is 5.73 Å². The first-order chi connectivity index (χ1) is 16.6. The van der Waals surface area contributed by atoms with Crippen molar-refractivity contribution in [2.24, 2.45) is 11.7 Å². The number of piperidine rings is 1. The molecule has 1 aliphatic rings. The van der Waals surface area contributed by atoms with E-state index in [2.05, 4.69) is 54.6 Å². The van der Waals surface area contributed by atoms with Gasteiger partial charge in [-0.05, 0) is 80.6 Å². The Labute approximate surface area is 212 Å². The van der Waals surface area contributed by atoms with Crippen molar-refractivity contribution in [2.75, 3.05) is 19.6 Å². The van der Waals surface area contributed by atoms with Crippen molar-refractivity contribution >= 4 is 18.2 Å². The van der Waals surface area contributed by atoms with Crippen molar-refractivity contribution in [1.29, 1.82) is 0 Å². The number of allylic oxidation sites excluding steroid dienone is 4. The summed E-state index contributed by atoms with van der Waals surface area (Å²) in [4.78, 5) is 3.36. The Hall–Kier alpha value is -2.64. The molecule has 2 aromatic rings. The Morgan fingerprint density at radius 1 is 1.14 bits per heavy atom. The van der Waals surface area contributed by atoms with E-state index < -0.39 is 11.7 Å². The van der Waals surface area contributed by atoms with E-state index in [1.54, 1.807) is 0 Å². The van der Waals surface area contributed by atoms with Gasteiger partial charge in [-0.25, -0.2) is 0 Å². The van der Waals surface area contributed by atoms with Crippen LogP contribution in [0.15, 0.2) is 83.2 Å². The van der Waals surface area contributed by atoms with Gasteiger partial charge in [-0.2, -0.15) is 13.2 Å². The van der Waals surface area contributed by atoms with Gasteiger partial charge < -0.3 is 11.1 Å². The van der Waals surface area contributed by atoms with Crippen molar-refractivity contribution in [2.45, 2.75) is 44.2 Å². The number of benzene rings is 2. The lowest BCUT2D eigenvalue weighted by Crippen LogP contribution is -2.37. The third-order valence-corrected chi connectivity index (χ3v) is 6.88. The van der Waals surface area contributed by atoms with Crippen LogP contribution in [-0.4, -0.2) is 24.5 Å². The van der Waals surface area contributed by atoms with Crippen molar-refractivity contribution in [3.8, 4) is 0 Å². The first-order valence-electron chi connectivity index (χ1n) is 11.8. The number of hydrogen-bond donors (Lipinski definition) is 3. The zero-order valence-corrected chi connectivity index (χ0v) is 21.2. The van der Waals surface area contributed by atoms with Crippen LogP contribution in [0.4, 0.5) is 13.2 Å². The Balaban J connectivity index is 1.51. The molecule has 1 heterocycles. The molecule has 0 amide bonds. The van der Waals surface area contributed by atoms with E-state index in [-0.39, 0.29) is 0 Å². The number of likely N-dealkylation sites (tertiary alicyclic amines) is 1. The normalized spacial score (nSPS) is 16.7. The Kier molecular flexibility index (Phi) is 9.14. The lowest BCUT2D eigenvalue weighted by atomic mass is 9.85. The second-order valence-corrected chi connectivity index (χ2v) is 9.54. The van der Waals surface area contributed by atoms with Crippen LogP contribution in [0.3, 0.4) is 0 Å². The zero-order valence-electron chi connectivity index (χ0n) is 20.3. The lowest BCUT2D eigenvalue weighted by Gasteiger charge is -2.34. The Morgan fingerprint density at radius 2 is 1.77 bits per heavy atom. The Bertz CT molecular complexity index is 1080. The average Bonchev–Trinajstić information content (AvgIpc) is 2.81. The van der Waals surface area contributed by atoms with Gasteiger partial charge in [-0.15, -0.1) is 12.6 Å². The molecule has 188 valence electrons. The predicted octanol–water partition coefficient (Wildman–Crippen LogP) is 6.65. The topological polar surface area (TPSA) is 41.3 Å². The molecule has 0 radical (unpaired) electrons. The molecule has 35 heavy (non-hydrogen) atoms. The third-order valence-electron chi connectivity index (χ3n) is 6.49. The summed E-state index contributed by atoms with van der Waals surface area (Å²) in [6, 6.07) is 13.4. The molecule has 0 aromatic heterocycles. The van der Waals surface area contributed by atoms with Crippen LogP contribution in [0.25, 0.3) is 5.57 Å². The van der Waals surface area contributed by atoms with E-state index in [1.165, 1.54) is 23.3 Å². The van der Waals surface area contributed by atoms with Crippen LogP contribution in [0, 0.1) is 5.92 Å². The quantitative estimate of drug-likeness (QED) is 0.355. The van der Waals surface area contributed by atoms with Gasteiger partial charge in [0.25, 0.3) is 0 Å². The molecule has 2 aromatic carbocycles. The zero-order chi connectivity index (χ0) is 25.6. The van der Waals surface area contributed by atoms with E-state index in [0.717, 1.165) is 59.9 Å². The summed E-state index contributed by atoms with van der Waals surface area (Å²) in [7, 11) is 0. The van der Waals surface area contributed by atoms with Crippen LogP contribution < -0.4 is 11.1 Å². The predicted molar refractivity (Wildman–Crippen MR) is 141 cm³/mol. The highest BCUT2D eigenvalue weighted by Gasteiger charge is 2.30. The summed E-state index contributed by atoms with van der Waals surface area (Å²) >= 11 is 4.64. The van der Waals surface area contributed by atoms with Gasteiger partial charge in [0, 0.05) is 35.0 Å². The van der Waals surface area contributed by atoms with Crippen LogP contribution in [-0.2, 0) is 12.6 Å². The Morgan fingerprint density at radius 3 is 2.34 bits per heavy atom. The third kappa shape index (κ3) is 7.42. The summed E-state index contributed by atoms with van der Waals surface area (Å²) < 4.78 is 38.2. The fourth-order valence-corrected chi connectivity index (χ4v) is 4.83. The molecule has 3 rings (SSSR count). The second kappa shape index (κ2) is 11.9. The average molecular weight is 502 g/mol. The van der Waals surface area contributed by atoms with Gasteiger partial charge >= 0.3 is 6.18 Å². The summed E-state index contributed by atoms with van der Waals surface area (Å²) in [5.74, 6) is 0.498. The van der Waals surface area contributed by atoms with Crippen LogP contribution >= 0.6 is 12.6 Å². The van der Waals surface area contributed by atoms with Gasteiger partial charge in [0.05, 0.1) is 5.56 Å². The van der Waals surface area contributed by atoms with Gasteiger partial charge in [0.15, 0.2) is 0 Å². The van der Waals surface area contributed by atoms with Gasteiger partial charge in [0.1, 0.15) is 0 Å². The van der Waals surface area contributed by atoms with Crippen molar-refractivity contribution in [1.82, 2.24) is 10.2 Å². The molecule has 0 atom stereocenters. The highest BCUT2D eigenvalue weighted by atomic mass is 32.1. The molecule has 0 spiro atoms. The molecule has 0 bridgehead atoms. The molecule has 7 heteroatoms. The SMILES string of the molecule is C=C(Cc1ccc(C(F)(F)F)cc1)N/C(C)=C(\N)CN1CCC(/C(=C/C)c2ccccc2S)CC1. The number of halogens is 3. The number of thiol groups is 1. The molecular weight excluding hydrogens is 467 g/mol. The minimum Gasteiger partial charge on any atom is -0.400 e. The summed E-state index contributed by atoms with van der Waals surface area (Å²) in [6.07, 6.45) is 0.415. The van der Waals surface area contributed by atoms with E-state index >= 15 is 0 Å². The maximum atomic E-state index is 12.7. The summed E-state index contributed by atoms with van der Waals surface area (Å²) in [6.45, 7) is 10.6. The number of nitrogens with two attached hydrogens (primary N) is 1. The molecule has 3 nitrogen and oxygen atoms in total. The number of hydrogen-bond acceptors (Lipinski definition) is 4. The molecule has 0 aliphatic carbocycles. The van der Waals surface area contributed by atoms with Crippen molar-refractivity contribution in [3.05, 3.63) is 95.0 Å². The van der Waals surface area contributed by atoms with E-state index in [0.29, 0.717) is 24.6 Å². The monoisotopic (exact) mass is 501 g/mol. The largest absolute Gasteiger partial charge is 0.416 e. The number of rotatable bonds is 8. The standard InChI is InChI=1S/C28H34F3N3S/c1-4-24(25-7-5-6-8-27(25)35)22-13-15-34(16-14-22)18-26(32)20(3)33-19(2)17-21-9-11-23(12-10-21)28(29,30)31/h4-12,22,33,35H,2,13-18,32H2,1,3H3/b24-4-,26-20-. The lowest BCUT2D eigenvalue weighted by molar-refractivity contribution is -0.137. The van der Waals surface area contributed by atoms with Gasteiger partial charge in [0.2, 0.25) is 0 Å².